The number of fused-ring (bicyclic) bond motifs is 2. The van der Waals surface area contributed by atoms with E-state index >= 15 is 0 Å². The van der Waals surface area contributed by atoms with Crippen LogP contribution < -0.4 is 5.32 Å². The number of imidazole rings is 1. The Kier molecular flexibility index (Phi) is 6.69. The zero-order chi connectivity index (χ0) is 22.5. The Morgan fingerprint density at radius 2 is 1.70 bits per heavy atom. The maximum absolute atomic E-state index is 12.8. The summed E-state index contributed by atoms with van der Waals surface area (Å²) in [6, 6.07) is 26.1. The number of amides is 1. The van der Waals surface area contributed by atoms with Gasteiger partial charge in [0.25, 0.3) is 0 Å². The lowest BCUT2D eigenvalue weighted by Crippen LogP contribution is -2.30. The number of hydrogen-bond donors (Lipinski definition) is 2. The molecule has 5 rings (SSSR count). The Bertz CT molecular complexity index is 1300. The van der Waals surface area contributed by atoms with E-state index < -0.39 is 0 Å². The SMILES string of the molecule is O=C(CCCSc1nc2ccccc2s1)NC(Cc1ccccc1)c1nc2ccccc2[nH]1. The minimum atomic E-state index is -0.204. The summed E-state index contributed by atoms with van der Waals surface area (Å²) in [6.07, 6.45) is 1.96. The molecule has 2 heterocycles. The second-order valence-corrected chi connectivity index (χ2v) is 10.2. The first-order valence-corrected chi connectivity index (χ1v) is 12.8. The highest BCUT2D eigenvalue weighted by molar-refractivity contribution is 8.01. The number of para-hydroxylation sites is 3. The zero-order valence-electron chi connectivity index (χ0n) is 18.0. The monoisotopic (exact) mass is 472 g/mol. The number of aromatic nitrogens is 3. The highest BCUT2D eigenvalue weighted by Crippen LogP contribution is 2.29. The number of benzene rings is 3. The Balaban J connectivity index is 1.20. The maximum atomic E-state index is 12.8. The van der Waals surface area contributed by atoms with Gasteiger partial charge in [-0.25, -0.2) is 9.97 Å². The highest BCUT2D eigenvalue weighted by atomic mass is 32.2. The number of thiazole rings is 1. The van der Waals surface area contributed by atoms with Crippen molar-refractivity contribution < 1.29 is 4.79 Å². The van der Waals surface area contributed by atoms with Gasteiger partial charge in [-0.15, -0.1) is 11.3 Å². The fourth-order valence-corrected chi connectivity index (χ4v) is 5.85. The molecule has 33 heavy (non-hydrogen) atoms. The highest BCUT2D eigenvalue weighted by Gasteiger charge is 2.19. The normalized spacial score (nSPS) is 12.2. The van der Waals surface area contributed by atoms with Crippen molar-refractivity contribution in [3.8, 4) is 0 Å². The van der Waals surface area contributed by atoms with E-state index in [-0.39, 0.29) is 11.9 Å². The van der Waals surface area contributed by atoms with E-state index in [1.165, 1.54) is 4.70 Å². The molecular weight excluding hydrogens is 448 g/mol. The summed E-state index contributed by atoms with van der Waals surface area (Å²) >= 11 is 3.42. The molecule has 0 aliphatic heterocycles. The van der Waals surface area contributed by atoms with Gasteiger partial charge in [0.15, 0.2) is 4.34 Å². The van der Waals surface area contributed by atoms with Gasteiger partial charge >= 0.3 is 0 Å². The summed E-state index contributed by atoms with van der Waals surface area (Å²) in [6.45, 7) is 0. The van der Waals surface area contributed by atoms with Gasteiger partial charge in [-0.1, -0.05) is 66.4 Å². The second-order valence-electron chi connectivity index (χ2n) is 7.85. The second kappa shape index (κ2) is 10.2. The molecule has 166 valence electrons. The third-order valence-corrected chi connectivity index (χ3v) is 7.67. The molecule has 0 radical (unpaired) electrons. The molecule has 2 aromatic heterocycles. The van der Waals surface area contributed by atoms with Crippen LogP contribution in [0, 0.1) is 0 Å². The molecular formula is C26H24N4OS2. The van der Waals surface area contributed by atoms with Crippen LogP contribution in [-0.2, 0) is 11.2 Å². The molecule has 0 saturated heterocycles. The third-order valence-electron chi connectivity index (χ3n) is 5.40. The number of thioether (sulfide) groups is 1. The Hall–Kier alpha value is -3.16. The average Bonchev–Trinajstić information content (AvgIpc) is 3.46. The van der Waals surface area contributed by atoms with Crippen molar-refractivity contribution in [3.05, 3.63) is 90.3 Å². The third kappa shape index (κ3) is 5.43. The molecule has 0 saturated carbocycles. The largest absolute Gasteiger partial charge is 0.346 e. The number of aromatic amines is 1. The van der Waals surface area contributed by atoms with E-state index in [4.69, 9.17) is 4.98 Å². The molecule has 5 nitrogen and oxygen atoms in total. The summed E-state index contributed by atoms with van der Waals surface area (Å²) in [5, 5.41) is 3.21. The van der Waals surface area contributed by atoms with Crippen molar-refractivity contribution in [2.75, 3.05) is 5.75 Å². The summed E-state index contributed by atoms with van der Waals surface area (Å²) in [5.74, 6) is 1.69. The minimum absolute atomic E-state index is 0.0429. The van der Waals surface area contributed by atoms with E-state index in [1.807, 2.05) is 60.7 Å². The molecule has 0 bridgehead atoms. The lowest BCUT2D eigenvalue weighted by atomic mass is 10.1. The van der Waals surface area contributed by atoms with Crippen molar-refractivity contribution in [2.24, 2.45) is 0 Å². The molecule has 0 aliphatic carbocycles. The first-order valence-electron chi connectivity index (χ1n) is 11.0. The number of carbonyl (C=O) groups excluding carboxylic acids is 1. The van der Waals surface area contributed by atoms with Crippen LogP contribution in [0.25, 0.3) is 21.3 Å². The van der Waals surface area contributed by atoms with E-state index in [1.54, 1.807) is 23.1 Å². The summed E-state index contributed by atoms with van der Waals surface area (Å²) in [5.41, 5.74) is 4.09. The quantitative estimate of drug-likeness (QED) is 0.200. The molecule has 1 unspecified atom stereocenters. The van der Waals surface area contributed by atoms with Crippen LogP contribution in [0.15, 0.2) is 83.2 Å². The van der Waals surface area contributed by atoms with Crippen molar-refractivity contribution in [3.63, 3.8) is 0 Å². The topological polar surface area (TPSA) is 70.7 Å². The van der Waals surface area contributed by atoms with E-state index in [9.17, 15) is 4.79 Å². The van der Waals surface area contributed by atoms with E-state index in [0.29, 0.717) is 12.8 Å². The molecule has 1 amide bonds. The number of hydrogen-bond acceptors (Lipinski definition) is 5. The van der Waals surface area contributed by atoms with Gasteiger partial charge in [-0.05, 0) is 42.7 Å². The van der Waals surface area contributed by atoms with Crippen LogP contribution in [0.4, 0.5) is 0 Å². The fourth-order valence-electron chi connectivity index (χ4n) is 3.77. The number of H-pyrrole nitrogens is 1. The standard InChI is InChI=1S/C26H24N4OS2/c31-24(15-8-16-32-26-30-21-13-6-7-14-23(21)33-26)27-22(17-18-9-2-1-3-10-18)25-28-19-11-4-5-12-20(19)29-25/h1-7,9-14,22H,8,15-17H2,(H,27,31)(H,28,29). The van der Waals surface area contributed by atoms with Crippen molar-refractivity contribution in [1.29, 1.82) is 0 Å². The Morgan fingerprint density at radius 3 is 2.52 bits per heavy atom. The minimum Gasteiger partial charge on any atom is -0.346 e. The number of nitrogens with one attached hydrogen (secondary N) is 2. The Morgan fingerprint density at radius 1 is 0.939 bits per heavy atom. The van der Waals surface area contributed by atoms with Gasteiger partial charge < -0.3 is 10.3 Å². The number of carbonyl (C=O) groups is 1. The fraction of sp³-hybridized carbons (Fsp3) is 0.192. The first kappa shape index (κ1) is 21.7. The predicted molar refractivity (Wildman–Crippen MR) is 137 cm³/mol. The molecule has 2 N–H and O–H groups in total. The maximum Gasteiger partial charge on any atom is 0.220 e. The molecule has 3 aromatic carbocycles. The predicted octanol–water partition coefficient (Wildman–Crippen LogP) is 6.15. The van der Waals surface area contributed by atoms with Gasteiger partial charge in [0, 0.05) is 12.2 Å². The van der Waals surface area contributed by atoms with Gasteiger partial charge in [-0.2, -0.15) is 0 Å². The van der Waals surface area contributed by atoms with E-state index in [2.05, 4.69) is 33.5 Å². The molecule has 1 atom stereocenters. The summed E-state index contributed by atoms with van der Waals surface area (Å²) < 4.78 is 2.26. The van der Waals surface area contributed by atoms with Gasteiger partial charge in [0.1, 0.15) is 5.82 Å². The van der Waals surface area contributed by atoms with Crippen LogP contribution in [-0.4, -0.2) is 26.6 Å². The summed E-state index contributed by atoms with van der Waals surface area (Å²) in [4.78, 5) is 25.6. The average molecular weight is 473 g/mol. The van der Waals surface area contributed by atoms with E-state index in [0.717, 1.165) is 44.5 Å². The van der Waals surface area contributed by atoms with Crippen molar-refractivity contribution in [1.82, 2.24) is 20.3 Å². The smallest absolute Gasteiger partial charge is 0.220 e. The zero-order valence-corrected chi connectivity index (χ0v) is 19.7. The van der Waals surface area contributed by atoms with Crippen LogP contribution >= 0.6 is 23.1 Å². The van der Waals surface area contributed by atoms with Gasteiger partial charge in [0.2, 0.25) is 5.91 Å². The van der Waals surface area contributed by atoms with Gasteiger partial charge in [-0.3, -0.25) is 4.79 Å². The lowest BCUT2D eigenvalue weighted by Gasteiger charge is -2.17. The number of nitrogens with zero attached hydrogens (tertiary/aromatic N) is 2. The van der Waals surface area contributed by atoms with Crippen LogP contribution in [0.5, 0.6) is 0 Å². The van der Waals surface area contributed by atoms with Crippen LogP contribution in [0.2, 0.25) is 0 Å². The summed E-state index contributed by atoms with van der Waals surface area (Å²) in [7, 11) is 0. The van der Waals surface area contributed by atoms with Crippen LogP contribution in [0.1, 0.15) is 30.3 Å². The Labute approximate surface area is 200 Å². The van der Waals surface area contributed by atoms with Crippen LogP contribution in [0.3, 0.4) is 0 Å². The van der Waals surface area contributed by atoms with Gasteiger partial charge in [0.05, 0.1) is 27.3 Å². The molecule has 0 spiro atoms. The molecule has 0 aliphatic rings. The molecule has 7 heteroatoms. The molecule has 0 fully saturated rings. The van der Waals surface area contributed by atoms with Crippen molar-refractivity contribution >= 4 is 50.3 Å². The number of rotatable bonds is 9. The van der Waals surface area contributed by atoms with Crippen molar-refractivity contribution in [2.45, 2.75) is 29.6 Å². The lowest BCUT2D eigenvalue weighted by molar-refractivity contribution is -0.121. The molecule has 5 aromatic rings. The first-order chi connectivity index (χ1) is 16.2.